The molecule has 0 spiro atoms. The number of carbonyl (C=O) groups excluding carboxylic acids is 2. The van der Waals surface area contributed by atoms with Gasteiger partial charge in [-0.15, -0.1) is 24.1 Å². The van der Waals surface area contributed by atoms with Crippen LogP contribution in [0.25, 0.3) is 0 Å². The summed E-state index contributed by atoms with van der Waals surface area (Å²) >= 11 is 4.72. The summed E-state index contributed by atoms with van der Waals surface area (Å²) in [6.45, 7) is 0. The van der Waals surface area contributed by atoms with Crippen molar-refractivity contribution in [1.82, 2.24) is 5.32 Å². The number of halogens is 1. The van der Waals surface area contributed by atoms with Crippen molar-refractivity contribution in [2.75, 3.05) is 5.75 Å². The fraction of sp³-hybridized carbons (Fsp3) is 0.231. The minimum atomic E-state index is -0.805. The lowest BCUT2D eigenvalue weighted by Gasteiger charge is -2.12. The number of hydrogen-bond acceptors (Lipinski definition) is 3. The maximum Gasteiger partial charge on any atom is 0.240 e. The first-order valence-corrected chi connectivity index (χ1v) is 7.21. The molecular weight excluding hydrogens is 328 g/mol. The van der Waals surface area contributed by atoms with Crippen LogP contribution in [0.2, 0.25) is 0 Å². The molecule has 2 amide bonds. The number of benzene rings is 1. The van der Waals surface area contributed by atoms with E-state index in [0.29, 0.717) is 0 Å². The molecule has 0 aliphatic rings. The van der Waals surface area contributed by atoms with Crippen LogP contribution in [0.4, 0.5) is 0 Å². The molecule has 0 unspecified atom stereocenters. The molecule has 0 saturated heterocycles. The Morgan fingerprint density at radius 3 is 2.84 bits per heavy atom. The van der Waals surface area contributed by atoms with E-state index in [1.165, 1.54) is 11.8 Å². The molecule has 100 valence electrons. The van der Waals surface area contributed by atoms with Gasteiger partial charge < -0.3 is 11.1 Å². The average molecular weight is 341 g/mol. The summed E-state index contributed by atoms with van der Waals surface area (Å²) in [5.41, 5.74) is 5.14. The average Bonchev–Trinajstić information content (AvgIpc) is 2.36. The summed E-state index contributed by atoms with van der Waals surface area (Å²) in [6, 6.07) is 6.79. The van der Waals surface area contributed by atoms with Gasteiger partial charge in [-0.1, -0.05) is 22.0 Å². The standard InChI is InChI=1S/C13H13BrN2O2S/c1-2-4-11(13(15)18)16-12(17)8-19-10-6-3-5-9(14)7-10/h1,3,5-7,11H,4,8H2,(H2,15,18)(H,16,17)/t11-/m1/s1. The summed E-state index contributed by atoms with van der Waals surface area (Å²) in [6.07, 6.45) is 5.20. The quantitative estimate of drug-likeness (QED) is 0.609. The van der Waals surface area contributed by atoms with E-state index in [4.69, 9.17) is 12.2 Å². The summed E-state index contributed by atoms with van der Waals surface area (Å²) in [4.78, 5) is 23.7. The van der Waals surface area contributed by atoms with Gasteiger partial charge in [0.05, 0.1) is 5.75 Å². The fourth-order valence-electron chi connectivity index (χ4n) is 1.28. The van der Waals surface area contributed by atoms with Crippen LogP contribution >= 0.6 is 27.7 Å². The van der Waals surface area contributed by atoms with Crippen LogP contribution in [0, 0.1) is 12.3 Å². The maximum absolute atomic E-state index is 11.7. The van der Waals surface area contributed by atoms with Gasteiger partial charge in [-0.3, -0.25) is 9.59 Å². The lowest BCUT2D eigenvalue weighted by atomic mass is 10.2. The molecule has 4 nitrogen and oxygen atoms in total. The van der Waals surface area contributed by atoms with E-state index in [1.54, 1.807) is 0 Å². The molecule has 19 heavy (non-hydrogen) atoms. The molecule has 0 aliphatic heterocycles. The second-order valence-electron chi connectivity index (χ2n) is 3.68. The number of nitrogens with two attached hydrogens (primary N) is 1. The molecule has 0 aliphatic carbocycles. The van der Waals surface area contributed by atoms with Gasteiger partial charge in [-0.25, -0.2) is 0 Å². The summed E-state index contributed by atoms with van der Waals surface area (Å²) in [5.74, 6) is 1.61. The van der Waals surface area contributed by atoms with Gasteiger partial charge in [0.15, 0.2) is 0 Å². The van der Waals surface area contributed by atoms with E-state index in [0.717, 1.165) is 9.37 Å². The van der Waals surface area contributed by atoms with Gasteiger partial charge >= 0.3 is 0 Å². The third-order valence-corrected chi connectivity index (χ3v) is 3.65. The highest BCUT2D eigenvalue weighted by Crippen LogP contribution is 2.21. The Morgan fingerprint density at radius 1 is 1.53 bits per heavy atom. The second kappa shape index (κ2) is 7.87. The number of hydrogen-bond donors (Lipinski definition) is 2. The number of terminal acetylenes is 1. The number of amides is 2. The third-order valence-electron chi connectivity index (χ3n) is 2.17. The zero-order valence-electron chi connectivity index (χ0n) is 10.1. The van der Waals surface area contributed by atoms with Crippen molar-refractivity contribution in [1.29, 1.82) is 0 Å². The summed E-state index contributed by atoms with van der Waals surface area (Å²) < 4.78 is 0.945. The Hall–Kier alpha value is -1.45. The second-order valence-corrected chi connectivity index (χ2v) is 5.64. The van der Waals surface area contributed by atoms with Crippen LogP contribution in [0.1, 0.15) is 6.42 Å². The van der Waals surface area contributed by atoms with Gasteiger partial charge in [0.25, 0.3) is 0 Å². The molecule has 0 aromatic heterocycles. The number of primary amides is 1. The summed E-state index contributed by atoms with van der Waals surface area (Å²) in [7, 11) is 0. The van der Waals surface area contributed by atoms with Gasteiger partial charge in [-0.05, 0) is 18.2 Å². The van der Waals surface area contributed by atoms with Gasteiger partial charge in [0.2, 0.25) is 11.8 Å². The summed E-state index contributed by atoms with van der Waals surface area (Å²) in [5, 5.41) is 2.51. The van der Waals surface area contributed by atoms with Crippen LogP contribution in [0.15, 0.2) is 33.6 Å². The Labute approximate surface area is 124 Å². The molecule has 6 heteroatoms. The smallest absolute Gasteiger partial charge is 0.240 e. The topological polar surface area (TPSA) is 72.2 Å². The zero-order chi connectivity index (χ0) is 14.3. The predicted octanol–water partition coefficient (Wildman–Crippen LogP) is 1.53. The van der Waals surface area contributed by atoms with Crippen molar-refractivity contribution < 1.29 is 9.59 Å². The Morgan fingerprint density at radius 2 is 2.26 bits per heavy atom. The fourth-order valence-corrected chi connectivity index (χ4v) is 2.60. The SMILES string of the molecule is C#CC[C@@H](NC(=O)CSc1cccc(Br)c1)C(N)=O. The maximum atomic E-state index is 11.7. The number of nitrogens with one attached hydrogen (secondary N) is 1. The molecule has 0 fully saturated rings. The predicted molar refractivity (Wildman–Crippen MR) is 79.4 cm³/mol. The van der Waals surface area contributed by atoms with Gasteiger partial charge in [0, 0.05) is 15.8 Å². The first-order valence-electron chi connectivity index (χ1n) is 5.43. The van der Waals surface area contributed by atoms with E-state index in [2.05, 4.69) is 27.2 Å². The first kappa shape index (κ1) is 15.6. The van der Waals surface area contributed by atoms with E-state index < -0.39 is 11.9 Å². The van der Waals surface area contributed by atoms with E-state index in [1.807, 2.05) is 24.3 Å². The Bertz CT molecular complexity index is 514. The molecule has 0 saturated carbocycles. The molecule has 3 N–H and O–H groups in total. The third kappa shape index (κ3) is 5.81. The van der Waals surface area contributed by atoms with Crippen molar-refractivity contribution in [3.63, 3.8) is 0 Å². The molecule has 1 atom stereocenters. The van der Waals surface area contributed by atoms with Crippen LogP contribution in [0.5, 0.6) is 0 Å². The first-order chi connectivity index (χ1) is 9.02. The highest BCUT2D eigenvalue weighted by atomic mass is 79.9. The number of carbonyl (C=O) groups is 2. The van der Waals surface area contributed by atoms with Crippen LogP contribution in [-0.2, 0) is 9.59 Å². The molecule has 0 heterocycles. The molecule has 1 rings (SSSR count). The molecule has 0 bridgehead atoms. The molecule has 1 aromatic carbocycles. The number of thioether (sulfide) groups is 1. The zero-order valence-corrected chi connectivity index (χ0v) is 12.5. The largest absolute Gasteiger partial charge is 0.368 e. The van der Waals surface area contributed by atoms with Gasteiger partial charge in [0.1, 0.15) is 6.04 Å². The minimum Gasteiger partial charge on any atom is -0.368 e. The van der Waals surface area contributed by atoms with Gasteiger partial charge in [-0.2, -0.15) is 0 Å². The molecule has 1 aromatic rings. The van der Waals surface area contributed by atoms with Crippen molar-refractivity contribution in [3.8, 4) is 12.3 Å². The minimum absolute atomic E-state index is 0.0998. The molecular formula is C13H13BrN2O2S. The lowest BCUT2D eigenvalue weighted by molar-refractivity contribution is -0.125. The Balaban J connectivity index is 2.47. The van der Waals surface area contributed by atoms with Crippen molar-refractivity contribution in [2.45, 2.75) is 17.4 Å². The van der Waals surface area contributed by atoms with Crippen LogP contribution < -0.4 is 11.1 Å². The normalized spacial score (nSPS) is 11.4. The van der Waals surface area contributed by atoms with E-state index >= 15 is 0 Å². The van der Waals surface area contributed by atoms with E-state index in [-0.39, 0.29) is 18.1 Å². The monoisotopic (exact) mass is 340 g/mol. The van der Waals surface area contributed by atoms with Crippen LogP contribution in [0.3, 0.4) is 0 Å². The van der Waals surface area contributed by atoms with Crippen molar-refractivity contribution >= 4 is 39.5 Å². The Kier molecular flexibility index (Phi) is 6.46. The lowest BCUT2D eigenvalue weighted by Crippen LogP contribution is -2.44. The molecule has 0 radical (unpaired) electrons. The van der Waals surface area contributed by atoms with Crippen molar-refractivity contribution in [3.05, 3.63) is 28.7 Å². The van der Waals surface area contributed by atoms with E-state index in [9.17, 15) is 9.59 Å². The van der Waals surface area contributed by atoms with Crippen molar-refractivity contribution in [2.24, 2.45) is 5.73 Å². The van der Waals surface area contributed by atoms with Crippen LogP contribution in [-0.4, -0.2) is 23.6 Å². The number of rotatable bonds is 6. The highest BCUT2D eigenvalue weighted by molar-refractivity contribution is 9.10. The highest BCUT2D eigenvalue weighted by Gasteiger charge is 2.16.